The van der Waals surface area contributed by atoms with E-state index in [0.29, 0.717) is 24.2 Å². The average molecular weight is 321 g/mol. The van der Waals surface area contributed by atoms with Crippen molar-refractivity contribution in [1.29, 1.82) is 0 Å². The molecule has 0 radical (unpaired) electrons. The quantitative estimate of drug-likeness (QED) is 0.873. The third-order valence-electron chi connectivity index (χ3n) is 5.28. The molecule has 24 heavy (non-hydrogen) atoms. The summed E-state index contributed by atoms with van der Waals surface area (Å²) in [6.45, 7) is 5.92. The normalized spacial score (nSPS) is 21.9. The molecule has 1 amide bonds. The number of nitrogens with zero attached hydrogens (tertiary/aromatic N) is 3. The molecule has 0 spiro atoms. The molecule has 1 aliphatic heterocycles. The van der Waals surface area contributed by atoms with E-state index in [1.54, 1.807) is 0 Å². The Morgan fingerprint density at radius 3 is 2.79 bits per heavy atom. The summed E-state index contributed by atoms with van der Waals surface area (Å²) in [5.74, 6) is 2.46. The molecule has 0 bridgehead atoms. The van der Waals surface area contributed by atoms with Crippen molar-refractivity contribution in [2.24, 2.45) is 5.92 Å². The number of likely N-dealkylation sites (tertiary alicyclic amines) is 1. The first-order valence-electron chi connectivity index (χ1n) is 8.79. The molecule has 4 rings (SSSR count). The smallest absolute Gasteiger partial charge is 0.227 e. The summed E-state index contributed by atoms with van der Waals surface area (Å²) in [6.07, 6.45) is 3.49. The maximum Gasteiger partial charge on any atom is 0.227 e. The maximum atomic E-state index is 12.6. The molecule has 124 valence electrons. The van der Waals surface area contributed by atoms with Crippen molar-refractivity contribution in [3.05, 3.63) is 59.2 Å². The predicted molar refractivity (Wildman–Crippen MR) is 92.8 cm³/mol. The highest BCUT2D eigenvalue weighted by Crippen LogP contribution is 2.42. The lowest BCUT2D eigenvalue weighted by atomic mass is 9.97. The fourth-order valence-electron chi connectivity index (χ4n) is 3.96. The Morgan fingerprint density at radius 2 is 2.04 bits per heavy atom. The van der Waals surface area contributed by atoms with Crippen LogP contribution < -0.4 is 0 Å². The van der Waals surface area contributed by atoms with E-state index in [4.69, 9.17) is 4.98 Å². The summed E-state index contributed by atoms with van der Waals surface area (Å²) < 4.78 is 0. The molecule has 1 fully saturated rings. The van der Waals surface area contributed by atoms with Crippen molar-refractivity contribution in [3.8, 4) is 0 Å². The van der Waals surface area contributed by atoms with Crippen LogP contribution in [0.4, 0.5) is 0 Å². The lowest BCUT2D eigenvalue weighted by molar-refractivity contribution is -0.129. The zero-order valence-corrected chi connectivity index (χ0v) is 14.3. The number of aromatic nitrogens is 2. The number of rotatable bonds is 3. The van der Waals surface area contributed by atoms with Crippen LogP contribution in [-0.2, 0) is 17.6 Å². The fraction of sp³-hybridized carbons (Fsp3) is 0.450. The van der Waals surface area contributed by atoms with Crippen molar-refractivity contribution in [3.63, 3.8) is 0 Å². The molecule has 2 aromatic rings. The minimum atomic E-state index is 0.233. The predicted octanol–water partition coefficient (Wildman–Crippen LogP) is 2.94. The minimum Gasteiger partial charge on any atom is -0.341 e. The van der Waals surface area contributed by atoms with Crippen molar-refractivity contribution in [1.82, 2.24) is 14.9 Å². The topological polar surface area (TPSA) is 46.1 Å². The van der Waals surface area contributed by atoms with Gasteiger partial charge in [-0.05, 0) is 23.5 Å². The molecule has 4 nitrogen and oxygen atoms in total. The van der Waals surface area contributed by atoms with Gasteiger partial charge in [0.15, 0.2) is 0 Å². The van der Waals surface area contributed by atoms with Gasteiger partial charge in [0.05, 0.1) is 6.42 Å². The van der Waals surface area contributed by atoms with Gasteiger partial charge < -0.3 is 4.90 Å². The van der Waals surface area contributed by atoms with Crippen molar-refractivity contribution >= 4 is 5.91 Å². The Hall–Kier alpha value is -2.23. The van der Waals surface area contributed by atoms with Gasteiger partial charge in [-0.1, -0.05) is 44.2 Å². The Kier molecular flexibility index (Phi) is 3.83. The lowest BCUT2D eigenvalue weighted by Gasteiger charge is -2.18. The van der Waals surface area contributed by atoms with Gasteiger partial charge >= 0.3 is 0 Å². The van der Waals surface area contributed by atoms with E-state index < -0.39 is 0 Å². The highest BCUT2D eigenvalue weighted by atomic mass is 16.2. The highest BCUT2D eigenvalue weighted by Gasteiger charge is 2.42. The van der Waals surface area contributed by atoms with Crippen LogP contribution in [0.15, 0.2) is 36.5 Å². The summed E-state index contributed by atoms with van der Waals surface area (Å²) in [6, 6.07) is 10.00. The second kappa shape index (κ2) is 6.00. The zero-order valence-electron chi connectivity index (χ0n) is 14.3. The van der Waals surface area contributed by atoms with Gasteiger partial charge in [0.1, 0.15) is 5.82 Å². The standard InChI is InChI=1S/C20H23N3O/c1-13(2)20-21-10-16-17-12-23(11-15(17)9-18(16)22-20)19(24)8-14-6-4-3-5-7-14/h3-7,10,13,15,17H,8-9,11-12H2,1-2H3/t15-,17+/m0/s1. The van der Waals surface area contributed by atoms with Gasteiger partial charge in [-0.3, -0.25) is 4.79 Å². The Bertz CT molecular complexity index is 757. The number of fused-ring (bicyclic) bond motifs is 3. The summed E-state index contributed by atoms with van der Waals surface area (Å²) in [7, 11) is 0. The molecule has 1 aliphatic carbocycles. The molecule has 1 aromatic carbocycles. The average Bonchev–Trinajstić information content (AvgIpc) is 3.12. The van der Waals surface area contributed by atoms with E-state index in [2.05, 4.69) is 18.8 Å². The maximum absolute atomic E-state index is 12.6. The first-order valence-corrected chi connectivity index (χ1v) is 8.79. The van der Waals surface area contributed by atoms with Gasteiger partial charge in [0.25, 0.3) is 0 Å². The van der Waals surface area contributed by atoms with E-state index in [9.17, 15) is 4.79 Å². The SMILES string of the molecule is CC(C)c1ncc2c(n1)C[C@H]1CN(C(=O)Cc3ccccc3)C[C@@H]21. The van der Waals surface area contributed by atoms with Crippen LogP contribution in [0.25, 0.3) is 0 Å². The molecule has 1 aromatic heterocycles. The second-order valence-corrected chi connectivity index (χ2v) is 7.32. The highest BCUT2D eigenvalue weighted by molar-refractivity contribution is 5.79. The summed E-state index contributed by atoms with van der Waals surface area (Å²) >= 11 is 0. The summed E-state index contributed by atoms with van der Waals surface area (Å²) in [4.78, 5) is 23.9. The van der Waals surface area contributed by atoms with Gasteiger partial charge in [0, 0.05) is 36.8 Å². The van der Waals surface area contributed by atoms with Crippen LogP contribution in [0, 0.1) is 5.92 Å². The monoisotopic (exact) mass is 321 g/mol. The van der Waals surface area contributed by atoms with Gasteiger partial charge in [-0.25, -0.2) is 9.97 Å². The number of carbonyl (C=O) groups is 1. The molecular weight excluding hydrogens is 298 g/mol. The second-order valence-electron chi connectivity index (χ2n) is 7.32. The molecule has 1 saturated heterocycles. The number of hydrogen-bond acceptors (Lipinski definition) is 3. The molecule has 0 saturated carbocycles. The molecular formula is C20H23N3O. The van der Waals surface area contributed by atoms with Crippen LogP contribution in [0.1, 0.15) is 48.3 Å². The molecule has 0 unspecified atom stereocenters. The Balaban J connectivity index is 1.47. The van der Waals surface area contributed by atoms with Gasteiger partial charge in [-0.15, -0.1) is 0 Å². The van der Waals surface area contributed by atoms with Crippen LogP contribution >= 0.6 is 0 Å². The summed E-state index contributed by atoms with van der Waals surface area (Å²) in [5, 5.41) is 0. The Labute approximate surface area is 142 Å². The molecule has 2 heterocycles. The summed E-state index contributed by atoms with van der Waals surface area (Å²) in [5.41, 5.74) is 3.56. The number of amides is 1. The van der Waals surface area contributed by atoms with E-state index in [0.717, 1.165) is 30.9 Å². The molecule has 4 heteroatoms. The lowest BCUT2D eigenvalue weighted by Crippen LogP contribution is -2.31. The molecule has 2 aliphatic rings. The first-order chi connectivity index (χ1) is 11.6. The van der Waals surface area contributed by atoms with Crippen molar-refractivity contribution in [2.45, 2.75) is 38.5 Å². The van der Waals surface area contributed by atoms with Crippen LogP contribution in [0.3, 0.4) is 0 Å². The van der Waals surface area contributed by atoms with E-state index in [1.807, 2.05) is 41.4 Å². The van der Waals surface area contributed by atoms with Crippen molar-refractivity contribution in [2.75, 3.05) is 13.1 Å². The fourth-order valence-corrected chi connectivity index (χ4v) is 3.96. The van der Waals surface area contributed by atoms with E-state index in [1.165, 1.54) is 11.3 Å². The first kappa shape index (κ1) is 15.3. The third-order valence-corrected chi connectivity index (χ3v) is 5.28. The van der Waals surface area contributed by atoms with E-state index >= 15 is 0 Å². The van der Waals surface area contributed by atoms with E-state index in [-0.39, 0.29) is 5.91 Å². The number of carbonyl (C=O) groups excluding carboxylic acids is 1. The number of hydrogen-bond donors (Lipinski definition) is 0. The van der Waals surface area contributed by atoms with Crippen molar-refractivity contribution < 1.29 is 4.79 Å². The molecule has 2 atom stereocenters. The molecule has 0 N–H and O–H groups in total. The Morgan fingerprint density at radius 1 is 1.25 bits per heavy atom. The van der Waals surface area contributed by atoms with Crippen LogP contribution in [0.5, 0.6) is 0 Å². The van der Waals surface area contributed by atoms with Gasteiger partial charge in [0.2, 0.25) is 5.91 Å². The van der Waals surface area contributed by atoms with Crippen LogP contribution in [-0.4, -0.2) is 33.9 Å². The largest absolute Gasteiger partial charge is 0.341 e. The number of benzene rings is 1. The van der Waals surface area contributed by atoms with Gasteiger partial charge in [-0.2, -0.15) is 0 Å². The van der Waals surface area contributed by atoms with Crippen LogP contribution in [0.2, 0.25) is 0 Å². The zero-order chi connectivity index (χ0) is 16.7. The minimum absolute atomic E-state index is 0.233. The third kappa shape index (κ3) is 2.70.